The highest BCUT2D eigenvalue weighted by atomic mass is 16.5. The summed E-state index contributed by atoms with van der Waals surface area (Å²) in [6.07, 6.45) is 1.34. The lowest BCUT2D eigenvalue weighted by atomic mass is 9.69. The van der Waals surface area contributed by atoms with E-state index in [1.54, 1.807) is 39.3 Å². The zero-order chi connectivity index (χ0) is 29.8. The highest BCUT2D eigenvalue weighted by molar-refractivity contribution is 6.09. The Hall–Kier alpha value is -4.59. The molecule has 1 unspecified atom stereocenters. The van der Waals surface area contributed by atoms with Crippen LogP contribution in [0.1, 0.15) is 48.3 Å². The maximum Gasteiger partial charge on any atom is 0.315 e. The van der Waals surface area contributed by atoms with Gasteiger partial charge in [-0.15, -0.1) is 0 Å². The number of esters is 1. The van der Waals surface area contributed by atoms with Gasteiger partial charge in [0.1, 0.15) is 5.92 Å². The molecule has 0 spiro atoms. The van der Waals surface area contributed by atoms with Crippen LogP contribution in [0.15, 0.2) is 83.0 Å². The molecule has 1 aliphatic carbocycles. The number of ether oxygens (including phenoxy) is 4. The van der Waals surface area contributed by atoms with Gasteiger partial charge in [-0.1, -0.05) is 42.5 Å². The minimum absolute atomic E-state index is 0.0695. The number of aliphatic imine (C=N–C) groups is 1. The van der Waals surface area contributed by atoms with E-state index >= 15 is 0 Å². The Bertz CT molecular complexity index is 1540. The lowest BCUT2D eigenvalue weighted by Crippen LogP contribution is -2.38. The van der Waals surface area contributed by atoms with Crippen LogP contribution < -0.4 is 14.2 Å². The molecule has 0 radical (unpaired) electrons. The van der Waals surface area contributed by atoms with Gasteiger partial charge in [0, 0.05) is 35.7 Å². The molecule has 5 rings (SSSR count). The lowest BCUT2D eigenvalue weighted by Gasteiger charge is -2.36. The number of Topliss-reactive ketones (excluding diaryl/α,β-unsaturated/α-hetero) is 1. The molecule has 0 aromatic heterocycles. The third kappa shape index (κ3) is 5.75. The predicted octanol–water partition coefficient (Wildman–Crippen LogP) is 5.78. The summed E-state index contributed by atoms with van der Waals surface area (Å²) in [5, 5.41) is 10.6. The molecule has 0 fully saturated rings. The molecular formula is C34H35NO7. The molecule has 8 heteroatoms. The first-order valence-electron chi connectivity index (χ1n) is 13.9. The molecule has 0 saturated heterocycles. The molecule has 218 valence electrons. The molecule has 0 saturated carbocycles. The monoisotopic (exact) mass is 569 g/mol. The van der Waals surface area contributed by atoms with Crippen LogP contribution >= 0.6 is 0 Å². The Kier molecular flexibility index (Phi) is 8.61. The van der Waals surface area contributed by atoms with Crippen LogP contribution in [0.2, 0.25) is 0 Å². The molecule has 3 aromatic carbocycles. The topological polar surface area (TPSA) is 104 Å². The van der Waals surface area contributed by atoms with Crippen molar-refractivity contribution in [3.05, 3.63) is 94.7 Å². The highest BCUT2D eigenvalue weighted by Gasteiger charge is 2.45. The summed E-state index contributed by atoms with van der Waals surface area (Å²) < 4.78 is 21.9. The third-order valence-electron chi connectivity index (χ3n) is 8.06. The fourth-order valence-corrected chi connectivity index (χ4v) is 5.97. The van der Waals surface area contributed by atoms with Crippen LogP contribution in [0, 0.1) is 5.92 Å². The van der Waals surface area contributed by atoms with Gasteiger partial charge in [0.05, 0.1) is 27.9 Å². The van der Waals surface area contributed by atoms with Gasteiger partial charge in [-0.05, 0) is 60.2 Å². The smallest absolute Gasteiger partial charge is 0.315 e. The van der Waals surface area contributed by atoms with Crippen LogP contribution in [0.3, 0.4) is 0 Å². The minimum Gasteiger partial charge on any atom is -0.504 e. The maximum absolute atomic E-state index is 13.9. The van der Waals surface area contributed by atoms with E-state index in [0.717, 1.165) is 11.1 Å². The number of allylic oxidation sites excluding steroid dienone is 2. The van der Waals surface area contributed by atoms with Crippen molar-refractivity contribution in [1.82, 2.24) is 0 Å². The minimum atomic E-state index is -0.811. The normalized spacial score (nSPS) is 20.0. The van der Waals surface area contributed by atoms with Gasteiger partial charge in [0.2, 0.25) is 0 Å². The zero-order valence-corrected chi connectivity index (χ0v) is 24.3. The first-order chi connectivity index (χ1) is 20.3. The van der Waals surface area contributed by atoms with Crippen molar-refractivity contribution in [1.29, 1.82) is 0 Å². The van der Waals surface area contributed by atoms with Crippen LogP contribution in [-0.4, -0.2) is 50.5 Å². The summed E-state index contributed by atoms with van der Waals surface area (Å²) in [6.45, 7) is 2.00. The van der Waals surface area contributed by atoms with Crippen LogP contribution in [0.5, 0.6) is 23.0 Å². The molecular weight excluding hydrogens is 534 g/mol. The average molecular weight is 570 g/mol. The number of carbonyl (C=O) groups is 2. The molecule has 0 bridgehead atoms. The molecule has 1 N–H and O–H groups in total. The van der Waals surface area contributed by atoms with E-state index in [9.17, 15) is 14.7 Å². The molecule has 42 heavy (non-hydrogen) atoms. The van der Waals surface area contributed by atoms with E-state index in [4.69, 9.17) is 23.9 Å². The number of phenolic OH excluding ortho intramolecular Hbond substituents is 1. The van der Waals surface area contributed by atoms with Crippen molar-refractivity contribution in [2.24, 2.45) is 10.9 Å². The Morgan fingerprint density at radius 3 is 2.26 bits per heavy atom. The maximum atomic E-state index is 13.9. The van der Waals surface area contributed by atoms with Gasteiger partial charge in [0.25, 0.3) is 0 Å². The van der Waals surface area contributed by atoms with Gasteiger partial charge >= 0.3 is 5.97 Å². The zero-order valence-electron chi connectivity index (χ0n) is 24.3. The fourth-order valence-electron chi connectivity index (χ4n) is 5.97. The first kappa shape index (κ1) is 28.9. The SMILES string of the molecule is COc1ccc([C@@H]2C3=C(C[C@H](c4ccc(OC)c(OC)c4)CC3=O)N=C(C)C2C(=O)OCCc2ccccc2)cc1O. The van der Waals surface area contributed by atoms with Crippen molar-refractivity contribution in [3.63, 3.8) is 0 Å². The standard InChI is InChI=1S/C34H35NO7/c1-20-31(34(38)42-15-14-21-8-6-5-7-9-21)32(23-11-12-28(39-2)26(36)17-23)33-25(35-20)16-24(18-27(33)37)22-10-13-29(40-3)30(19-22)41-4/h5-13,17,19,24,31-32,36H,14-16,18H2,1-4H3/t24-,31?,32-/m0/s1. The highest BCUT2D eigenvalue weighted by Crippen LogP contribution is 2.48. The quantitative estimate of drug-likeness (QED) is 0.326. The van der Waals surface area contributed by atoms with E-state index in [-0.39, 0.29) is 30.5 Å². The van der Waals surface area contributed by atoms with Crippen LogP contribution in [-0.2, 0) is 20.7 Å². The van der Waals surface area contributed by atoms with Crippen molar-refractivity contribution < 1.29 is 33.6 Å². The second kappa shape index (κ2) is 12.5. The second-order valence-corrected chi connectivity index (χ2v) is 10.5. The number of methoxy groups -OCH3 is 3. The van der Waals surface area contributed by atoms with Gasteiger partial charge in [0.15, 0.2) is 28.8 Å². The second-order valence-electron chi connectivity index (χ2n) is 10.5. The predicted molar refractivity (Wildman–Crippen MR) is 159 cm³/mol. The van der Waals surface area contributed by atoms with Crippen LogP contribution in [0.4, 0.5) is 0 Å². The number of carbonyl (C=O) groups excluding carboxylic acids is 2. The molecule has 1 heterocycles. The van der Waals surface area contributed by atoms with Gasteiger partial charge in [-0.25, -0.2) is 0 Å². The van der Waals surface area contributed by atoms with E-state index in [1.807, 2.05) is 48.5 Å². The number of hydrogen-bond donors (Lipinski definition) is 1. The van der Waals surface area contributed by atoms with Crippen molar-refractivity contribution in [2.45, 2.75) is 38.0 Å². The Morgan fingerprint density at radius 1 is 0.881 bits per heavy atom. The Labute approximate surface area is 245 Å². The molecule has 1 aliphatic heterocycles. The number of hydrogen-bond acceptors (Lipinski definition) is 8. The lowest BCUT2D eigenvalue weighted by molar-refractivity contribution is -0.146. The van der Waals surface area contributed by atoms with Crippen molar-refractivity contribution in [2.75, 3.05) is 27.9 Å². The number of aromatic hydroxyl groups is 1. The summed E-state index contributed by atoms with van der Waals surface area (Å²) in [5.74, 6) is -0.681. The summed E-state index contributed by atoms with van der Waals surface area (Å²) >= 11 is 0. The largest absolute Gasteiger partial charge is 0.504 e. The third-order valence-corrected chi connectivity index (χ3v) is 8.06. The summed E-state index contributed by atoms with van der Waals surface area (Å²) in [7, 11) is 4.63. The summed E-state index contributed by atoms with van der Waals surface area (Å²) in [4.78, 5) is 32.4. The Balaban J connectivity index is 1.49. The number of phenols is 1. The first-order valence-corrected chi connectivity index (χ1v) is 13.9. The van der Waals surface area contributed by atoms with Gasteiger partial charge < -0.3 is 24.1 Å². The molecule has 2 aliphatic rings. The van der Waals surface area contributed by atoms with Gasteiger partial charge in [-0.3, -0.25) is 14.6 Å². The number of nitrogens with zero attached hydrogens (tertiary/aromatic N) is 1. The molecule has 3 aromatic rings. The average Bonchev–Trinajstić information content (AvgIpc) is 3.00. The number of ketones is 1. The van der Waals surface area contributed by atoms with Crippen LogP contribution in [0.25, 0.3) is 0 Å². The summed E-state index contributed by atoms with van der Waals surface area (Å²) in [6, 6.07) is 20.4. The molecule has 8 nitrogen and oxygen atoms in total. The van der Waals surface area contributed by atoms with E-state index in [2.05, 4.69) is 0 Å². The van der Waals surface area contributed by atoms with Crippen molar-refractivity contribution >= 4 is 17.5 Å². The van der Waals surface area contributed by atoms with E-state index < -0.39 is 17.8 Å². The van der Waals surface area contributed by atoms with E-state index in [1.165, 1.54) is 7.11 Å². The summed E-state index contributed by atoms with van der Waals surface area (Å²) in [5.41, 5.74) is 4.34. The molecule has 3 atom stereocenters. The molecule has 0 amide bonds. The van der Waals surface area contributed by atoms with E-state index in [0.29, 0.717) is 52.6 Å². The van der Waals surface area contributed by atoms with Gasteiger partial charge in [-0.2, -0.15) is 0 Å². The van der Waals surface area contributed by atoms with Crippen molar-refractivity contribution in [3.8, 4) is 23.0 Å². The fraction of sp³-hybridized carbons (Fsp3) is 0.324. The number of rotatable bonds is 9. The number of benzene rings is 3. The Morgan fingerprint density at radius 2 is 1.57 bits per heavy atom.